The summed E-state index contributed by atoms with van der Waals surface area (Å²) in [6, 6.07) is 18.8. The van der Waals surface area contributed by atoms with Crippen LogP contribution in [-0.2, 0) is 37.4 Å². The molecule has 7 N–H and O–H groups in total. The molecule has 0 saturated carbocycles. The Bertz CT molecular complexity index is 3610. The van der Waals surface area contributed by atoms with Gasteiger partial charge in [0, 0.05) is 34.8 Å². The molecule has 0 radical (unpaired) electrons. The molecule has 2 heterocycles. The molecular weight excluding hydrogens is 895 g/mol. The molecule has 23 heteroatoms. The van der Waals surface area contributed by atoms with E-state index in [1.165, 1.54) is 49.5 Å². The first-order valence-electron chi connectivity index (χ1n) is 18.4. The number of carbonyl (C=O) groups excluding carboxylic acids is 2. The van der Waals surface area contributed by atoms with Crippen molar-refractivity contribution in [1.29, 1.82) is 0 Å². The number of fused-ring (bicyclic) bond motifs is 2. The van der Waals surface area contributed by atoms with Crippen LogP contribution in [-0.4, -0.2) is 75.1 Å². The maximum absolute atomic E-state index is 14.6. The summed E-state index contributed by atoms with van der Waals surface area (Å²) in [4.78, 5) is 52.1. The van der Waals surface area contributed by atoms with Crippen molar-refractivity contribution in [3.8, 4) is 17.1 Å². The number of aromatic nitrogens is 4. The third kappa shape index (κ3) is 7.71. The monoisotopic (exact) mass is 925 g/mol. The van der Waals surface area contributed by atoms with Crippen molar-refractivity contribution in [2.24, 2.45) is 7.05 Å². The zero-order valence-corrected chi connectivity index (χ0v) is 35.6. The van der Waals surface area contributed by atoms with E-state index in [1.807, 2.05) is 6.07 Å². The van der Waals surface area contributed by atoms with Crippen molar-refractivity contribution in [1.82, 2.24) is 19.5 Å². The lowest BCUT2D eigenvalue weighted by molar-refractivity contribution is 0.102. The van der Waals surface area contributed by atoms with E-state index < -0.39 is 91.1 Å². The lowest BCUT2D eigenvalue weighted by Gasteiger charge is -2.26. The van der Waals surface area contributed by atoms with E-state index >= 15 is 0 Å². The standard InChI is InChI=1S/C41H31N7O13S3/c1-19-8-6-9-20(2)35(19)44-40-45-39(46-41(52)47-40)43-27-17-26(29(63(56,57)58)18-30(27)64(59,60)61)42-25-14-15-28-33-31(23-12-4-5-13-24(23)37(50)32(25)33)34(38(51)48(28)3)36(49)21-10-7-11-22(16-21)62(53,54)55/h4-18,42H,1-3H3,(H,53,54,55)(H,56,57,58)(H,59,60,61)(H3,43,44,45,46,47,52). The molecule has 20 nitrogen and oxygen atoms in total. The number of rotatable bonds is 11. The molecular formula is C41H31N7O13S3. The van der Waals surface area contributed by atoms with Crippen molar-refractivity contribution >= 4 is 87.5 Å². The van der Waals surface area contributed by atoms with Crippen molar-refractivity contribution in [3.63, 3.8) is 0 Å². The highest BCUT2D eigenvalue weighted by molar-refractivity contribution is 7.87. The number of nitrogens with zero attached hydrogens (tertiary/aromatic N) is 4. The van der Waals surface area contributed by atoms with Gasteiger partial charge in [0.15, 0.2) is 11.6 Å². The first kappa shape index (κ1) is 43.2. The first-order valence-corrected chi connectivity index (χ1v) is 22.8. The molecule has 7 aromatic rings. The van der Waals surface area contributed by atoms with E-state index in [2.05, 4.69) is 30.9 Å². The van der Waals surface area contributed by atoms with Gasteiger partial charge in [0.25, 0.3) is 35.9 Å². The predicted octanol–water partition coefficient (Wildman–Crippen LogP) is 5.46. The van der Waals surface area contributed by atoms with E-state index in [9.17, 15) is 58.4 Å². The highest BCUT2D eigenvalue weighted by atomic mass is 32.2. The van der Waals surface area contributed by atoms with Crippen molar-refractivity contribution in [2.75, 3.05) is 16.0 Å². The van der Waals surface area contributed by atoms with Gasteiger partial charge in [-0.1, -0.05) is 54.6 Å². The third-order valence-corrected chi connectivity index (χ3v) is 13.0. The van der Waals surface area contributed by atoms with Crippen molar-refractivity contribution < 1.29 is 53.6 Å². The fourth-order valence-corrected chi connectivity index (χ4v) is 9.39. The van der Waals surface area contributed by atoms with Gasteiger partial charge in [-0.15, -0.1) is 0 Å². The predicted molar refractivity (Wildman–Crippen MR) is 231 cm³/mol. The molecule has 0 saturated heterocycles. The highest BCUT2D eigenvalue weighted by Gasteiger charge is 2.35. The largest absolute Gasteiger partial charge is 0.479 e. The summed E-state index contributed by atoms with van der Waals surface area (Å²) in [7, 11) is -14.2. The molecule has 326 valence electrons. The first-order chi connectivity index (χ1) is 30.0. The van der Waals surface area contributed by atoms with Crippen LogP contribution in [0.1, 0.15) is 43.0 Å². The lowest BCUT2D eigenvalue weighted by Crippen LogP contribution is -2.29. The molecule has 0 atom stereocenters. The summed E-state index contributed by atoms with van der Waals surface area (Å²) >= 11 is 0. The van der Waals surface area contributed by atoms with E-state index in [4.69, 9.17) is 0 Å². The van der Waals surface area contributed by atoms with E-state index in [-0.39, 0.29) is 50.4 Å². The second-order valence-corrected chi connectivity index (χ2v) is 18.6. The zero-order chi connectivity index (χ0) is 46.2. The summed E-state index contributed by atoms with van der Waals surface area (Å²) in [6.07, 6.45) is 0. The Labute approximate surface area is 362 Å². The van der Waals surface area contributed by atoms with Gasteiger partial charge in [-0.25, -0.2) is 0 Å². The molecule has 0 aliphatic heterocycles. The van der Waals surface area contributed by atoms with E-state index in [1.54, 1.807) is 32.0 Å². The number of aromatic hydroxyl groups is 1. The van der Waals surface area contributed by atoms with Crippen LogP contribution in [0.15, 0.2) is 110 Å². The lowest BCUT2D eigenvalue weighted by atomic mass is 9.80. The number of hydrogen-bond acceptors (Lipinski definition) is 16. The zero-order valence-electron chi connectivity index (χ0n) is 33.1. The molecule has 64 heavy (non-hydrogen) atoms. The molecule has 0 amide bonds. The molecule has 1 aliphatic carbocycles. The number of nitrogens with one attached hydrogen (secondary N) is 3. The van der Waals surface area contributed by atoms with Crippen LogP contribution < -0.4 is 21.5 Å². The van der Waals surface area contributed by atoms with Crippen LogP contribution >= 0.6 is 0 Å². The van der Waals surface area contributed by atoms with Gasteiger partial charge >= 0.3 is 6.01 Å². The number of para-hydroxylation sites is 1. The Hall–Kier alpha value is -7.41. The third-order valence-electron chi connectivity index (χ3n) is 10.3. The molecule has 0 spiro atoms. The average molecular weight is 926 g/mol. The van der Waals surface area contributed by atoms with Gasteiger partial charge in [-0.2, -0.15) is 40.2 Å². The molecule has 5 aromatic carbocycles. The Balaban J connectivity index is 1.33. The van der Waals surface area contributed by atoms with Gasteiger partial charge in [0.1, 0.15) is 9.79 Å². The molecule has 2 aromatic heterocycles. The van der Waals surface area contributed by atoms with Crippen molar-refractivity contribution in [2.45, 2.75) is 28.5 Å². The van der Waals surface area contributed by atoms with Gasteiger partial charge in [-0.05, 0) is 66.9 Å². The quantitative estimate of drug-likeness (QED) is 0.0625. The molecule has 0 bridgehead atoms. The SMILES string of the molecule is Cc1cccc(C)c1Nc1nc(O)nc(Nc2cc(Nc3ccc4c5c3C(=O)c3ccccc3-c5c(C(=O)c3cccc(S(=O)(=O)O)c3)c(=O)n4C)c(S(=O)(=O)O)cc2S(=O)(=O)O)n1. The number of pyridine rings is 1. The summed E-state index contributed by atoms with van der Waals surface area (Å²) in [6.45, 7) is 3.59. The van der Waals surface area contributed by atoms with Crippen LogP contribution in [0.4, 0.5) is 34.6 Å². The van der Waals surface area contributed by atoms with Gasteiger partial charge in [0.2, 0.25) is 11.9 Å². The molecule has 8 rings (SSSR count). The maximum atomic E-state index is 14.6. The van der Waals surface area contributed by atoms with Crippen LogP contribution in [0.5, 0.6) is 6.01 Å². The summed E-state index contributed by atoms with van der Waals surface area (Å²) in [5, 5.41) is 18.7. The summed E-state index contributed by atoms with van der Waals surface area (Å²) < 4.78 is 107. The highest BCUT2D eigenvalue weighted by Crippen LogP contribution is 2.45. The number of ketones is 2. The minimum atomic E-state index is -5.37. The van der Waals surface area contributed by atoms with E-state index in [0.29, 0.717) is 11.8 Å². The van der Waals surface area contributed by atoms with Crippen molar-refractivity contribution in [3.05, 3.63) is 135 Å². The van der Waals surface area contributed by atoms with E-state index in [0.717, 1.165) is 33.9 Å². The number of aryl methyl sites for hydroxylation is 3. The van der Waals surface area contributed by atoms with Crippen LogP contribution in [0, 0.1) is 13.8 Å². The summed E-state index contributed by atoms with van der Waals surface area (Å²) in [5.41, 5.74) is -0.914. The Kier molecular flexibility index (Phi) is 10.4. The Morgan fingerprint density at radius 1 is 0.625 bits per heavy atom. The Morgan fingerprint density at radius 3 is 1.84 bits per heavy atom. The molecule has 1 aliphatic rings. The second-order valence-electron chi connectivity index (χ2n) is 14.4. The fraction of sp³-hybridized carbons (Fsp3) is 0.0732. The van der Waals surface area contributed by atoms with Gasteiger partial charge < -0.3 is 25.6 Å². The van der Waals surface area contributed by atoms with Crippen LogP contribution in [0.25, 0.3) is 22.0 Å². The van der Waals surface area contributed by atoms with Crippen LogP contribution in [0.2, 0.25) is 0 Å². The van der Waals surface area contributed by atoms with Gasteiger partial charge in [-0.3, -0.25) is 28.0 Å². The average Bonchev–Trinajstić information content (AvgIpc) is 3.21. The molecule has 0 fully saturated rings. The van der Waals surface area contributed by atoms with Crippen LogP contribution in [0.3, 0.4) is 0 Å². The number of benzene rings is 5. The number of carbonyl (C=O) groups is 2. The fourth-order valence-electron chi connectivity index (χ4n) is 7.48. The second kappa shape index (κ2) is 15.4. The summed E-state index contributed by atoms with van der Waals surface area (Å²) in [5.74, 6) is -2.38. The smallest absolute Gasteiger partial charge is 0.320 e. The normalized spacial score (nSPS) is 12.5. The molecule has 0 unspecified atom stereocenters. The Morgan fingerprint density at radius 2 is 1.22 bits per heavy atom. The minimum absolute atomic E-state index is 0.0102. The minimum Gasteiger partial charge on any atom is -0.479 e. The van der Waals surface area contributed by atoms with Gasteiger partial charge in [0.05, 0.1) is 38.6 Å². The number of hydrogen-bond donors (Lipinski definition) is 7. The maximum Gasteiger partial charge on any atom is 0.320 e. The number of anilines is 6. The topological polar surface area (TPSA) is 314 Å².